The molecule has 1 aromatic carbocycles. The normalized spacial score (nSPS) is 14.8. The number of aliphatic hydroxyl groups is 1. The van der Waals surface area contributed by atoms with Crippen molar-refractivity contribution in [2.24, 2.45) is 5.92 Å². The van der Waals surface area contributed by atoms with Crippen LogP contribution in [0.25, 0.3) is 11.1 Å². The van der Waals surface area contributed by atoms with Crippen LogP contribution in [0.15, 0.2) is 24.3 Å². The van der Waals surface area contributed by atoms with Gasteiger partial charge in [-0.05, 0) is 49.8 Å². The summed E-state index contributed by atoms with van der Waals surface area (Å²) in [5.74, 6) is 0.704. The van der Waals surface area contributed by atoms with E-state index in [1.165, 1.54) is 44.1 Å². The number of amides is 1. The largest absolute Gasteiger partial charge is 0.400 e. The molecule has 1 aliphatic carbocycles. The van der Waals surface area contributed by atoms with E-state index in [1.807, 2.05) is 19.1 Å². The predicted octanol–water partition coefficient (Wildman–Crippen LogP) is 4.86. The van der Waals surface area contributed by atoms with Crippen LogP contribution < -0.4 is 5.32 Å². The smallest absolute Gasteiger partial charge is 0.224 e. The van der Waals surface area contributed by atoms with Gasteiger partial charge in [0, 0.05) is 30.5 Å². The fraction of sp³-hybridized carbons (Fsp3) is 0.545. The molecule has 0 radical (unpaired) electrons. The molecule has 0 aliphatic heterocycles. The number of aromatic amines is 1. The van der Waals surface area contributed by atoms with Crippen molar-refractivity contribution in [3.63, 3.8) is 0 Å². The Morgan fingerprint density at radius 3 is 2.37 bits per heavy atom. The molecule has 0 bridgehead atoms. The number of carbonyl (C=O) groups is 1. The standard InChI is InChI=1S/C21H29N3O.CH4O/c1-3-19-21(15(2)23-24-19)17-10-12-18(13-11-17)22-20(25)14-16-8-6-4-5-7-9-16;1-2/h10-13,16H,3-9,14H2,1-2H3,(H,22,25)(H,23,24);2H,1H3. The zero-order chi connectivity index (χ0) is 19.6. The van der Waals surface area contributed by atoms with Gasteiger partial charge in [0.2, 0.25) is 5.91 Å². The Hall–Kier alpha value is -2.14. The Morgan fingerprint density at radius 1 is 1.15 bits per heavy atom. The van der Waals surface area contributed by atoms with Gasteiger partial charge in [-0.15, -0.1) is 0 Å². The highest BCUT2D eigenvalue weighted by Crippen LogP contribution is 2.28. The molecule has 0 spiro atoms. The number of carbonyl (C=O) groups excluding carboxylic acids is 1. The summed E-state index contributed by atoms with van der Waals surface area (Å²) >= 11 is 0. The van der Waals surface area contributed by atoms with Gasteiger partial charge in [0.25, 0.3) is 0 Å². The van der Waals surface area contributed by atoms with Crippen LogP contribution in [0.5, 0.6) is 0 Å². The first-order valence-corrected chi connectivity index (χ1v) is 10.1. The van der Waals surface area contributed by atoms with E-state index in [2.05, 4.69) is 34.6 Å². The first-order chi connectivity index (χ1) is 13.2. The molecule has 148 valence electrons. The monoisotopic (exact) mass is 371 g/mol. The number of aryl methyl sites for hydroxylation is 2. The Bertz CT molecular complexity index is 699. The lowest BCUT2D eigenvalue weighted by Gasteiger charge is -2.14. The van der Waals surface area contributed by atoms with Crippen molar-refractivity contribution in [2.75, 3.05) is 12.4 Å². The fourth-order valence-electron chi connectivity index (χ4n) is 3.88. The van der Waals surface area contributed by atoms with Gasteiger partial charge in [0.1, 0.15) is 0 Å². The number of aliphatic hydroxyl groups excluding tert-OH is 1. The molecule has 3 N–H and O–H groups in total. The third kappa shape index (κ3) is 5.93. The number of hydrogen-bond acceptors (Lipinski definition) is 3. The fourth-order valence-corrected chi connectivity index (χ4v) is 3.88. The minimum absolute atomic E-state index is 0.147. The Labute approximate surface area is 162 Å². The van der Waals surface area contributed by atoms with Crippen molar-refractivity contribution in [1.29, 1.82) is 0 Å². The molecule has 5 heteroatoms. The van der Waals surface area contributed by atoms with Crippen molar-refractivity contribution in [2.45, 2.75) is 65.2 Å². The summed E-state index contributed by atoms with van der Waals surface area (Å²) in [6, 6.07) is 8.12. The lowest BCUT2D eigenvalue weighted by molar-refractivity contribution is -0.117. The number of rotatable bonds is 5. The molecule has 1 aliphatic rings. The second-order valence-electron chi connectivity index (χ2n) is 7.21. The van der Waals surface area contributed by atoms with Crippen LogP contribution in [-0.2, 0) is 11.2 Å². The topological polar surface area (TPSA) is 78.0 Å². The maximum absolute atomic E-state index is 12.3. The van der Waals surface area contributed by atoms with Gasteiger partial charge < -0.3 is 10.4 Å². The molecular weight excluding hydrogens is 338 g/mol. The van der Waals surface area contributed by atoms with E-state index in [0.29, 0.717) is 12.3 Å². The Balaban J connectivity index is 0.00000126. The summed E-state index contributed by atoms with van der Waals surface area (Å²) in [5, 5.41) is 17.5. The number of hydrogen-bond donors (Lipinski definition) is 3. The Morgan fingerprint density at radius 2 is 1.78 bits per heavy atom. The minimum Gasteiger partial charge on any atom is -0.400 e. The van der Waals surface area contributed by atoms with E-state index in [-0.39, 0.29) is 5.91 Å². The molecule has 1 saturated carbocycles. The molecule has 1 heterocycles. The highest BCUT2D eigenvalue weighted by Gasteiger charge is 2.16. The zero-order valence-electron chi connectivity index (χ0n) is 16.8. The van der Waals surface area contributed by atoms with Crippen molar-refractivity contribution in [1.82, 2.24) is 10.2 Å². The molecule has 1 aromatic heterocycles. The third-order valence-electron chi connectivity index (χ3n) is 5.26. The molecule has 0 saturated heterocycles. The molecule has 3 rings (SSSR count). The average molecular weight is 372 g/mol. The molecule has 5 nitrogen and oxygen atoms in total. The maximum atomic E-state index is 12.3. The van der Waals surface area contributed by atoms with Gasteiger partial charge >= 0.3 is 0 Å². The molecule has 2 aromatic rings. The van der Waals surface area contributed by atoms with E-state index in [4.69, 9.17) is 5.11 Å². The Kier molecular flexibility index (Phi) is 8.52. The summed E-state index contributed by atoms with van der Waals surface area (Å²) in [7, 11) is 1.00. The van der Waals surface area contributed by atoms with Gasteiger partial charge in [0.15, 0.2) is 0 Å². The van der Waals surface area contributed by atoms with E-state index in [0.717, 1.165) is 36.2 Å². The van der Waals surface area contributed by atoms with Crippen molar-refractivity contribution in [3.8, 4) is 11.1 Å². The molecule has 1 amide bonds. The van der Waals surface area contributed by atoms with E-state index >= 15 is 0 Å². The maximum Gasteiger partial charge on any atom is 0.224 e. The van der Waals surface area contributed by atoms with E-state index in [9.17, 15) is 4.79 Å². The molecule has 0 unspecified atom stereocenters. The number of nitrogens with one attached hydrogen (secondary N) is 2. The number of H-pyrrole nitrogens is 1. The van der Waals surface area contributed by atoms with E-state index < -0.39 is 0 Å². The SMILES string of the molecule is CCc1n[nH]c(C)c1-c1ccc(NC(=O)CC2CCCCCC2)cc1.CO. The van der Waals surface area contributed by atoms with Gasteiger partial charge in [-0.1, -0.05) is 44.7 Å². The molecular formula is C22H33N3O2. The number of benzene rings is 1. The second kappa shape index (κ2) is 10.9. The summed E-state index contributed by atoms with van der Waals surface area (Å²) in [5.41, 5.74) is 5.37. The second-order valence-corrected chi connectivity index (χ2v) is 7.21. The molecule has 0 atom stereocenters. The van der Waals surface area contributed by atoms with Crippen LogP contribution in [0.3, 0.4) is 0 Å². The summed E-state index contributed by atoms with van der Waals surface area (Å²) in [4.78, 5) is 12.3. The quantitative estimate of drug-likeness (QED) is 0.657. The highest BCUT2D eigenvalue weighted by molar-refractivity contribution is 5.91. The average Bonchev–Trinajstić information content (AvgIpc) is 2.88. The molecule has 27 heavy (non-hydrogen) atoms. The zero-order valence-corrected chi connectivity index (χ0v) is 16.8. The molecule has 1 fully saturated rings. The van der Waals surface area contributed by atoms with Crippen LogP contribution in [0, 0.1) is 12.8 Å². The number of anilines is 1. The highest BCUT2D eigenvalue weighted by atomic mass is 16.2. The van der Waals surface area contributed by atoms with Crippen LogP contribution in [0.1, 0.15) is 63.3 Å². The number of aromatic nitrogens is 2. The lowest BCUT2D eigenvalue weighted by atomic mass is 9.96. The van der Waals surface area contributed by atoms with Crippen LogP contribution in [-0.4, -0.2) is 28.3 Å². The predicted molar refractivity (Wildman–Crippen MR) is 111 cm³/mol. The van der Waals surface area contributed by atoms with Gasteiger partial charge in [-0.3, -0.25) is 9.89 Å². The third-order valence-corrected chi connectivity index (χ3v) is 5.26. The first kappa shape index (κ1) is 21.2. The first-order valence-electron chi connectivity index (χ1n) is 10.1. The lowest BCUT2D eigenvalue weighted by Crippen LogP contribution is -2.16. The minimum atomic E-state index is 0.147. The summed E-state index contributed by atoms with van der Waals surface area (Å²) in [6.07, 6.45) is 9.16. The van der Waals surface area contributed by atoms with Crippen molar-refractivity contribution in [3.05, 3.63) is 35.7 Å². The van der Waals surface area contributed by atoms with Crippen molar-refractivity contribution >= 4 is 11.6 Å². The van der Waals surface area contributed by atoms with Gasteiger partial charge in [-0.25, -0.2) is 0 Å². The van der Waals surface area contributed by atoms with Crippen LogP contribution in [0.4, 0.5) is 5.69 Å². The summed E-state index contributed by atoms with van der Waals surface area (Å²) < 4.78 is 0. The summed E-state index contributed by atoms with van der Waals surface area (Å²) in [6.45, 7) is 4.16. The van der Waals surface area contributed by atoms with E-state index in [1.54, 1.807) is 0 Å². The van der Waals surface area contributed by atoms with Gasteiger partial charge in [-0.2, -0.15) is 5.10 Å². The number of nitrogens with zero attached hydrogens (tertiary/aromatic N) is 1. The van der Waals surface area contributed by atoms with Crippen LogP contribution >= 0.6 is 0 Å². The van der Waals surface area contributed by atoms with Crippen molar-refractivity contribution < 1.29 is 9.90 Å². The van der Waals surface area contributed by atoms with Crippen LogP contribution in [0.2, 0.25) is 0 Å². The van der Waals surface area contributed by atoms with Gasteiger partial charge in [0.05, 0.1) is 5.69 Å².